The molecule has 0 radical (unpaired) electrons. The number of nitro groups is 1. The van der Waals surface area contributed by atoms with Gasteiger partial charge in [-0.1, -0.05) is 30.3 Å². The van der Waals surface area contributed by atoms with Gasteiger partial charge in [0.2, 0.25) is 11.8 Å². The molecule has 0 fully saturated rings. The second-order valence-electron chi connectivity index (χ2n) is 5.22. The van der Waals surface area contributed by atoms with Crippen LogP contribution in [0.5, 0.6) is 0 Å². The van der Waals surface area contributed by atoms with Crippen molar-refractivity contribution in [2.24, 2.45) is 0 Å². The minimum atomic E-state index is -0.497. The largest absolute Gasteiger partial charge is 0.352 e. The molecule has 2 amide bonds. The number of carbonyl (C=O) groups excluding carboxylic acids is 2. The molecule has 0 heterocycles. The van der Waals surface area contributed by atoms with Crippen LogP contribution < -0.4 is 10.6 Å². The molecule has 0 bridgehead atoms. The maximum absolute atomic E-state index is 12.0. The highest BCUT2D eigenvalue weighted by atomic mass is 16.6. The van der Waals surface area contributed by atoms with Gasteiger partial charge in [0.25, 0.3) is 5.69 Å². The molecule has 24 heavy (non-hydrogen) atoms. The average molecular weight is 327 g/mol. The zero-order valence-electron chi connectivity index (χ0n) is 13.1. The first-order valence-corrected chi connectivity index (χ1v) is 7.31. The van der Waals surface area contributed by atoms with Crippen molar-refractivity contribution in [2.75, 3.05) is 5.32 Å². The third kappa shape index (κ3) is 4.91. The minimum Gasteiger partial charge on any atom is -0.352 e. The van der Waals surface area contributed by atoms with Gasteiger partial charge >= 0.3 is 0 Å². The Morgan fingerprint density at radius 1 is 1.08 bits per heavy atom. The molecular weight excluding hydrogens is 310 g/mol. The SMILES string of the molecule is CC(=O)Nc1ccc(CNC(=O)Cc2ccccc2[N+](=O)[O-])cc1. The lowest BCUT2D eigenvalue weighted by atomic mass is 10.1. The number of rotatable bonds is 6. The average Bonchev–Trinajstić information content (AvgIpc) is 2.54. The molecule has 0 atom stereocenters. The Kier molecular flexibility index (Phi) is 5.62. The number of hydrogen-bond acceptors (Lipinski definition) is 4. The lowest BCUT2D eigenvalue weighted by Gasteiger charge is -2.07. The molecule has 0 saturated heterocycles. The van der Waals surface area contributed by atoms with E-state index in [1.54, 1.807) is 42.5 Å². The van der Waals surface area contributed by atoms with Crippen LogP contribution in [0.1, 0.15) is 18.1 Å². The van der Waals surface area contributed by atoms with Crippen LogP contribution in [-0.2, 0) is 22.6 Å². The van der Waals surface area contributed by atoms with Crippen molar-refractivity contribution in [3.63, 3.8) is 0 Å². The van der Waals surface area contributed by atoms with E-state index in [0.717, 1.165) is 5.56 Å². The van der Waals surface area contributed by atoms with Crippen molar-refractivity contribution in [1.29, 1.82) is 0 Å². The number of anilines is 1. The van der Waals surface area contributed by atoms with Crippen LogP contribution in [0, 0.1) is 10.1 Å². The fourth-order valence-corrected chi connectivity index (χ4v) is 2.18. The quantitative estimate of drug-likeness (QED) is 0.628. The monoisotopic (exact) mass is 327 g/mol. The molecule has 2 aromatic carbocycles. The van der Waals surface area contributed by atoms with E-state index in [1.165, 1.54) is 13.0 Å². The second kappa shape index (κ2) is 7.87. The van der Waals surface area contributed by atoms with Crippen LogP contribution in [0.4, 0.5) is 11.4 Å². The topological polar surface area (TPSA) is 101 Å². The van der Waals surface area contributed by atoms with Gasteiger partial charge in [-0.25, -0.2) is 0 Å². The van der Waals surface area contributed by atoms with Gasteiger partial charge in [-0.15, -0.1) is 0 Å². The molecule has 0 saturated carbocycles. The van der Waals surface area contributed by atoms with Crippen molar-refractivity contribution in [1.82, 2.24) is 5.32 Å². The van der Waals surface area contributed by atoms with E-state index in [1.807, 2.05) is 0 Å². The standard InChI is InChI=1S/C17H17N3O4/c1-12(21)19-15-8-6-13(7-9-15)11-18-17(22)10-14-4-2-3-5-16(14)20(23)24/h2-9H,10-11H2,1H3,(H,18,22)(H,19,21). The fraction of sp³-hybridized carbons (Fsp3) is 0.176. The normalized spacial score (nSPS) is 10.0. The predicted octanol–water partition coefficient (Wildman–Crippen LogP) is 2.41. The van der Waals surface area contributed by atoms with E-state index in [-0.39, 0.29) is 23.9 Å². The maximum atomic E-state index is 12.0. The van der Waals surface area contributed by atoms with E-state index in [4.69, 9.17) is 0 Å². The highest BCUT2D eigenvalue weighted by Gasteiger charge is 2.15. The first-order valence-electron chi connectivity index (χ1n) is 7.31. The summed E-state index contributed by atoms with van der Waals surface area (Å²) < 4.78 is 0. The van der Waals surface area contributed by atoms with E-state index >= 15 is 0 Å². The Balaban J connectivity index is 1.92. The number of nitrogens with one attached hydrogen (secondary N) is 2. The van der Waals surface area contributed by atoms with Gasteiger partial charge in [0.05, 0.1) is 11.3 Å². The van der Waals surface area contributed by atoms with Gasteiger partial charge in [-0.05, 0) is 17.7 Å². The summed E-state index contributed by atoms with van der Waals surface area (Å²) in [6.07, 6.45) is -0.0544. The van der Waals surface area contributed by atoms with Crippen molar-refractivity contribution < 1.29 is 14.5 Å². The summed E-state index contributed by atoms with van der Waals surface area (Å²) in [6, 6.07) is 13.2. The second-order valence-corrected chi connectivity index (χ2v) is 5.22. The molecular formula is C17H17N3O4. The van der Waals surface area contributed by atoms with E-state index in [0.29, 0.717) is 17.8 Å². The van der Waals surface area contributed by atoms with Crippen molar-refractivity contribution in [3.05, 3.63) is 69.8 Å². The van der Waals surface area contributed by atoms with Crippen LogP contribution in [-0.4, -0.2) is 16.7 Å². The Morgan fingerprint density at radius 3 is 2.38 bits per heavy atom. The number of amides is 2. The summed E-state index contributed by atoms with van der Waals surface area (Å²) in [5, 5.41) is 16.3. The highest BCUT2D eigenvalue weighted by molar-refractivity contribution is 5.88. The van der Waals surface area contributed by atoms with Gasteiger partial charge < -0.3 is 10.6 Å². The van der Waals surface area contributed by atoms with Crippen molar-refractivity contribution >= 4 is 23.2 Å². The molecule has 0 aromatic heterocycles. The smallest absolute Gasteiger partial charge is 0.273 e. The Morgan fingerprint density at radius 2 is 1.75 bits per heavy atom. The summed E-state index contributed by atoms with van der Waals surface area (Å²) in [5.41, 5.74) is 1.85. The number of benzene rings is 2. The third-order valence-electron chi connectivity index (χ3n) is 3.30. The molecule has 7 nitrogen and oxygen atoms in total. The molecule has 0 unspecified atom stereocenters. The molecule has 2 aromatic rings. The maximum Gasteiger partial charge on any atom is 0.273 e. The number of carbonyl (C=O) groups is 2. The Labute approximate surface area is 138 Å². The van der Waals surface area contributed by atoms with Gasteiger partial charge in [0, 0.05) is 30.8 Å². The minimum absolute atomic E-state index is 0.0544. The summed E-state index contributed by atoms with van der Waals surface area (Å²) in [4.78, 5) is 33.4. The first-order chi connectivity index (χ1) is 11.5. The zero-order valence-corrected chi connectivity index (χ0v) is 13.1. The number of hydrogen-bond donors (Lipinski definition) is 2. The number of para-hydroxylation sites is 1. The van der Waals surface area contributed by atoms with Gasteiger partial charge in [-0.3, -0.25) is 19.7 Å². The third-order valence-corrected chi connectivity index (χ3v) is 3.30. The van der Waals surface area contributed by atoms with E-state index in [9.17, 15) is 19.7 Å². The summed E-state index contributed by atoms with van der Waals surface area (Å²) in [5.74, 6) is -0.448. The number of nitro benzene ring substituents is 1. The fourth-order valence-electron chi connectivity index (χ4n) is 2.18. The lowest BCUT2D eigenvalue weighted by molar-refractivity contribution is -0.385. The van der Waals surface area contributed by atoms with E-state index < -0.39 is 4.92 Å². The molecule has 7 heteroatoms. The molecule has 0 aliphatic heterocycles. The Bertz CT molecular complexity index is 757. The zero-order chi connectivity index (χ0) is 17.5. The van der Waals surface area contributed by atoms with Gasteiger partial charge in [0.15, 0.2) is 0 Å². The molecule has 0 spiro atoms. The molecule has 124 valence electrons. The highest BCUT2D eigenvalue weighted by Crippen LogP contribution is 2.18. The van der Waals surface area contributed by atoms with Crippen molar-refractivity contribution in [2.45, 2.75) is 19.9 Å². The van der Waals surface area contributed by atoms with Crippen LogP contribution >= 0.6 is 0 Å². The molecule has 0 aliphatic rings. The van der Waals surface area contributed by atoms with Gasteiger partial charge in [0.1, 0.15) is 0 Å². The summed E-state index contributed by atoms with van der Waals surface area (Å²) >= 11 is 0. The van der Waals surface area contributed by atoms with Crippen LogP contribution in [0.25, 0.3) is 0 Å². The predicted molar refractivity (Wildman–Crippen MR) is 89.4 cm³/mol. The first kappa shape index (κ1) is 17.1. The lowest BCUT2D eigenvalue weighted by Crippen LogP contribution is -2.24. The van der Waals surface area contributed by atoms with Crippen LogP contribution in [0.2, 0.25) is 0 Å². The summed E-state index contributed by atoms with van der Waals surface area (Å²) in [6.45, 7) is 1.73. The number of nitrogens with zero attached hydrogens (tertiary/aromatic N) is 1. The molecule has 0 aliphatic carbocycles. The Hall–Kier alpha value is -3.22. The van der Waals surface area contributed by atoms with Crippen molar-refractivity contribution in [3.8, 4) is 0 Å². The molecule has 2 N–H and O–H groups in total. The van der Waals surface area contributed by atoms with Crippen LogP contribution in [0.15, 0.2) is 48.5 Å². The summed E-state index contributed by atoms with van der Waals surface area (Å²) in [7, 11) is 0. The van der Waals surface area contributed by atoms with E-state index in [2.05, 4.69) is 10.6 Å². The van der Waals surface area contributed by atoms with Crippen LogP contribution in [0.3, 0.4) is 0 Å². The van der Waals surface area contributed by atoms with Gasteiger partial charge in [-0.2, -0.15) is 0 Å². The molecule has 2 rings (SSSR count).